The lowest BCUT2D eigenvalue weighted by Gasteiger charge is -2.07. The molecule has 2 aromatic rings. The van der Waals surface area contributed by atoms with Gasteiger partial charge in [0, 0.05) is 11.8 Å². The van der Waals surface area contributed by atoms with Crippen molar-refractivity contribution in [1.29, 1.82) is 0 Å². The van der Waals surface area contributed by atoms with Gasteiger partial charge in [0.1, 0.15) is 11.5 Å². The standard InChI is InChI=1S/C16H21F2N3/c1-4-8-19-9-7-14-11(2)20-21(12(14)3)16-6-5-13(17)10-15(16)18/h5-6,10,19H,4,7-9H2,1-3H3. The Labute approximate surface area is 124 Å². The maximum atomic E-state index is 13.9. The lowest BCUT2D eigenvalue weighted by atomic mass is 10.1. The average molecular weight is 293 g/mol. The van der Waals surface area contributed by atoms with Gasteiger partial charge in [-0.15, -0.1) is 0 Å². The second kappa shape index (κ2) is 6.80. The van der Waals surface area contributed by atoms with Crippen molar-refractivity contribution in [3.63, 3.8) is 0 Å². The largest absolute Gasteiger partial charge is 0.316 e. The summed E-state index contributed by atoms with van der Waals surface area (Å²) in [6.45, 7) is 7.81. The van der Waals surface area contributed by atoms with Crippen LogP contribution < -0.4 is 5.32 Å². The van der Waals surface area contributed by atoms with E-state index in [1.807, 2.05) is 13.8 Å². The van der Waals surface area contributed by atoms with Crippen LogP contribution in [0.4, 0.5) is 8.78 Å². The Bertz CT molecular complexity index is 620. The summed E-state index contributed by atoms with van der Waals surface area (Å²) in [5, 5.41) is 7.74. The first-order valence-corrected chi connectivity index (χ1v) is 7.25. The molecule has 0 fully saturated rings. The summed E-state index contributed by atoms with van der Waals surface area (Å²) in [5.74, 6) is -1.18. The molecule has 0 saturated heterocycles. The molecule has 0 radical (unpaired) electrons. The predicted molar refractivity (Wildman–Crippen MR) is 79.8 cm³/mol. The first-order valence-electron chi connectivity index (χ1n) is 7.25. The highest BCUT2D eigenvalue weighted by Gasteiger charge is 2.15. The third-order valence-corrected chi connectivity index (χ3v) is 3.56. The van der Waals surface area contributed by atoms with Crippen molar-refractivity contribution in [2.75, 3.05) is 13.1 Å². The van der Waals surface area contributed by atoms with Crippen molar-refractivity contribution in [2.24, 2.45) is 0 Å². The molecule has 1 aromatic carbocycles. The minimum absolute atomic E-state index is 0.282. The van der Waals surface area contributed by atoms with E-state index in [-0.39, 0.29) is 5.69 Å². The third-order valence-electron chi connectivity index (χ3n) is 3.56. The van der Waals surface area contributed by atoms with Gasteiger partial charge in [0.2, 0.25) is 0 Å². The third kappa shape index (κ3) is 3.47. The Hall–Kier alpha value is -1.75. The molecule has 0 aliphatic heterocycles. The molecule has 0 aliphatic rings. The number of halogens is 2. The number of benzene rings is 1. The number of aryl methyl sites for hydroxylation is 1. The topological polar surface area (TPSA) is 29.9 Å². The molecule has 1 N–H and O–H groups in total. The van der Waals surface area contributed by atoms with Crippen LogP contribution in [0.5, 0.6) is 0 Å². The number of nitrogens with one attached hydrogen (secondary N) is 1. The van der Waals surface area contributed by atoms with E-state index in [4.69, 9.17) is 0 Å². The van der Waals surface area contributed by atoms with E-state index < -0.39 is 11.6 Å². The molecule has 0 amide bonds. The van der Waals surface area contributed by atoms with Crippen LogP contribution in [0.1, 0.15) is 30.3 Å². The van der Waals surface area contributed by atoms with Crippen LogP contribution in [0, 0.1) is 25.5 Å². The van der Waals surface area contributed by atoms with E-state index in [9.17, 15) is 8.78 Å². The first kappa shape index (κ1) is 15.6. The Kier molecular flexibility index (Phi) is 5.07. The van der Waals surface area contributed by atoms with E-state index >= 15 is 0 Å². The van der Waals surface area contributed by atoms with Crippen molar-refractivity contribution in [3.05, 3.63) is 46.8 Å². The van der Waals surface area contributed by atoms with Crippen molar-refractivity contribution < 1.29 is 8.78 Å². The van der Waals surface area contributed by atoms with Crippen molar-refractivity contribution in [2.45, 2.75) is 33.6 Å². The summed E-state index contributed by atoms with van der Waals surface area (Å²) in [7, 11) is 0. The highest BCUT2D eigenvalue weighted by atomic mass is 19.1. The maximum absolute atomic E-state index is 13.9. The summed E-state index contributed by atoms with van der Waals surface area (Å²) in [6.07, 6.45) is 1.94. The Morgan fingerprint density at radius 1 is 1.19 bits per heavy atom. The Morgan fingerprint density at radius 2 is 1.95 bits per heavy atom. The van der Waals surface area contributed by atoms with E-state index in [0.717, 1.165) is 48.9 Å². The van der Waals surface area contributed by atoms with Crippen LogP contribution in [-0.2, 0) is 6.42 Å². The molecule has 0 aliphatic carbocycles. The number of nitrogens with zero attached hydrogens (tertiary/aromatic N) is 2. The zero-order chi connectivity index (χ0) is 15.4. The monoisotopic (exact) mass is 293 g/mol. The van der Waals surface area contributed by atoms with Gasteiger partial charge in [-0.05, 0) is 57.5 Å². The van der Waals surface area contributed by atoms with Gasteiger partial charge in [0.05, 0.1) is 5.69 Å². The van der Waals surface area contributed by atoms with Crippen LogP contribution in [0.15, 0.2) is 18.2 Å². The maximum Gasteiger partial charge on any atom is 0.151 e. The number of rotatable bonds is 6. The average Bonchev–Trinajstić information content (AvgIpc) is 2.71. The molecule has 21 heavy (non-hydrogen) atoms. The highest BCUT2D eigenvalue weighted by molar-refractivity contribution is 5.38. The van der Waals surface area contributed by atoms with Gasteiger partial charge in [-0.25, -0.2) is 13.5 Å². The van der Waals surface area contributed by atoms with Gasteiger partial charge in [-0.2, -0.15) is 5.10 Å². The van der Waals surface area contributed by atoms with Gasteiger partial charge in [-0.3, -0.25) is 0 Å². The first-order chi connectivity index (χ1) is 10.0. The minimum atomic E-state index is -0.601. The van der Waals surface area contributed by atoms with Crippen molar-refractivity contribution >= 4 is 0 Å². The molecule has 3 nitrogen and oxygen atoms in total. The molecule has 1 heterocycles. The fourth-order valence-corrected chi connectivity index (χ4v) is 2.44. The summed E-state index contributed by atoms with van der Waals surface area (Å²) in [6, 6.07) is 3.55. The zero-order valence-corrected chi connectivity index (χ0v) is 12.7. The molecule has 0 saturated carbocycles. The van der Waals surface area contributed by atoms with Gasteiger partial charge >= 0.3 is 0 Å². The van der Waals surface area contributed by atoms with Crippen LogP contribution in [0.3, 0.4) is 0 Å². The van der Waals surface area contributed by atoms with E-state index in [2.05, 4.69) is 17.3 Å². The van der Waals surface area contributed by atoms with Crippen LogP contribution in [-0.4, -0.2) is 22.9 Å². The lowest BCUT2D eigenvalue weighted by Crippen LogP contribution is -2.18. The molecule has 0 bridgehead atoms. The summed E-state index contributed by atoms with van der Waals surface area (Å²) in [4.78, 5) is 0. The lowest BCUT2D eigenvalue weighted by molar-refractivity contribution is 0.572. The second-order valence-corrected chi connectivity index (χ2v) is 5.16. The van der Waals surface area contributed by atoms with Gasteiger partial charge in [0.15, 0.2) is 5.82 Å². The zero-order valence-electron chi connectivity index (χ0n) is 12.7. The van der Waals surface area contributed by atoms with E-state index in [1.54, 1.807) is 4.68 Å². The number of hydrogen-bond acceptors (Lipinski definition) is 2. The fourth-order valence-electron chi connectivity index (χ4n) is 2.44. The molecule has 0 unspecified atom stereocenters. The van der Waals surface area contributed by atoms with Gasteiger partial charge < -0.3 is 5.32 Å². The van der Waals surface area contributed by atoms with Gasteiger partial charge in [0.25, 0.3) is 0 Å². The second-order valence-electron chi connectivity index (χ2n) is 5.16. The summed E-state index contributed by atoms with van der Waals surface area (Å²) < 4.78 is 28.5. The molecule has 1 aromatic heterocycles. The van der Waals surface area contributed by atoms with Gasteiger partial charge in [-0.1, -0.05) is 6.92 Å². The quantitative estimate of drug-likeness (QED) is 0.828. The normalized spacial score (nSPS) is 11.1. The van der Waals surface area contributed by atoms with Crippen LogP contribution in [0.2, 0.25) is 0 Å². The van der Waals surface area contributed by atoms with Crippen LogP contribution >= 0.6 is 0 Å². The molecule has 5 heteroatoms. The van der Waals surface area contributed by atoms with E-state index in [1.165, 1.54) is 12.1 Å². The molecule has 2 rings (SSSR count). The summed E-state index contributed by atoms with van der Waals surface area (Å²) in [5.41, 5.74) is 3.18. The molecule has 0 atom stereocenters. The van der Waals surface area contributed by atoms with Crippen molar-refractivity contribution in [1.82, 2.24) is 15.1 Å². The fraction of sp³-hybridized carbons (Fsp3) is 0.438. The number of hydrogen-bond donors (Lipinski definition) is 1. The Morgan fingerprint density at radius 3 is 2.62 bits per heavy atom. The molecular formula is C16H21F2N3. The van der Waals surface area contributed by atoms with E-state index in [0.29, 0.717) is 0 Å². The smallest absolute Gasteiger partial charge is 0.151 e. The number of aromatic nitrogens is 2. The molecule has 0 spiro atoms. The van der Waals surface area contributed by atoms with Crippen LogP contribution in [0.25, 0.3) is 5.69 Å². The SMILES string of the molecule is CCCNCCc1c(C)nn(-c2ccc(F)cc2F)c1C. The minimum Gasteiger partial charge on any atom is -0.316 e. The Balaban J connectivity index is 2.26. The summed E-state index contributed by atoms with van der Waals surface area (Å²) >= 11 is 0. The molecular weight excluding hydrogens is 272 g/mol. The molecule has 114 valence electrons. The highest BCUT2D eigenvalue weighted by Crippen LogP contribution is 2.21. The van der Waals surface area contributed by atoms with Crippen molar-refractivity contribution in [3.8, 4) is 5.69 Å². The predicted octanol–water partition coefficient (Wildman–Crippen LogP) is 3.31.